The molecule has 8 heteroatoms. The molecule has 1 aromatic carbocycles. The molecule has 1 saturated heterocycles. The zero-order valence-electron chi connectivity index (χ0n) is 15.0. The maximum absolute atomic E-state index is 12.5. The van der Waals surface area contributed by atoms with Crippen LogP contribution in [0.1, 0.15) is 11.3 Å². The van der Waals surface area contributed by atoms with Gasteiger partial charge >= 0.3 is 0 Å². The highest BCUT2D eigenvalue weighted by molar-refractivity contribution is 7.92. The van der Waals surface area contributed by atoms with E-state index in [2.05, 4.69) is 5.32 Å². The van der Waals surface area contributed by atoms with Gasteiger partial charge < -0.3 is 14.6 Å². The summed E-state index contributed by atoms with van der Waals surface area (Å²) in [6.07, 6.45) is 3.18. The molecule has 2 N–H and O–H groups in total. The number of carbonyl (C=O) groups excluding carboxylic acids is 1. The monoisotopic (exact) mass is 390 g/mol. The van der Waals surface area contributed by atoms with Gasteiger partial charge in [0.15, 0.2) is 6.54 Å². The number of sulfonamides is 1. The van der Waals surface area contributed by atoms with E-state index in [1.807, 2.05) is 30.3 Å². The molecule has 0 spiro atoms. The smallest absolute Gasteiger partial charge is 0.275 e. The van der Waals surface area contributed by atoms with Crippen molar-refractivity contribution in [2.75, 3.05) is 32.7 Å². The van der Waals surface area contributed by atoms with Crippen molar-refractivity contribution >= 4 is 22.0 Å². The zero-order valence-corrected chi connectivity index (χ0v) is 15.8. The largest absolute Gasteiger partial charge is 0.467 e. The summed E-state index contributed by atoms with van der Waals surface area (Å²) in [4.78, 5) is 13.1. The highest BCUT2D eigenvalue weighted by Gasteiger charge is 2.28. The standard InChI is InChI=1S/C19H23N3O4S/c23-19(20-15-18-7-4-13-26-18)16-21-9-11-22(12-10-21)27(24,25)14-8-17-5-2-1-3-6-17/h1-8,13-14H,9-12,15-16H2,(H,20,23)/p+1/b14-8+. The van der Waals surface area contributed by atoms with Gasteiger partial charge in [-0.3, -0.25) is 4.79 Å². The lowest BCUT2D eigenvalue weighted by atomic mass is 10.2. The van der Waals surface area contributed by atoms with Crippen LogP contribution in [-0.4, -0.2) is 51.4 Å². The topological polar surface area (TPSA) is 84.1 Å². The molecular formula is C19H24N3O4S+. The van der Waals surface area contributed by atoms with E-state index in [0.717, 1.165) is 10.5 Å². The van der Waals surface area contributed by atoms with E-state index in [1.54, 1.807) is 24.5 Å². The third-order valence-electron chi connectivity index (χ3n) is 4.47. The lowest BCUT2D eigenvalue weighted by Crippen LogP contribution is -3.15. The minimum atomic E-state index is -3.45. The normalized spacial score (nSPS) is 16.6. The van der Waals surface area contributed by atoms with Gasteiger partial charge in [-0.1, -0.05) is 30.3 Å². The number of piperazine rings is 1. The van der Waals surface area contributed by atoms with Crippen LogP contribution in [0, 0.1) is 0 Å². The highest BCUT2D eigenvalue weighted by Crippen LogP contribution is 2.08. The molecule has 2 heterocycles. The number of rotatable bonds is 7. The predicted octanol–water partition coefficient (Wildman–Crippen LogP) is 0.0970. The third-order valence-corrected chi connectivity index (χ3v) is 6.04. The fraction of sp³-hybridized carbons (Fsp3) is 0.316. The Bertz CT molecular complexity index is 856. The maximum Gasteiger partial charge on any atom is 0.275 e. The number of nitrogens with one attached hydrogen (secondary N) is 2. The van der Waals surface area contributed by atoms with E-state index in [4.69, 9.17) is 4.42 Å². The van der Waals surface area contributed by atoms with E-state index in [9.17, 15) is 13.2 Å². The molecule has 1 aliphatic heterocycles. The van der Waals surface area contributed by atoms with Crippen LogP contribution in [0.3, 0.4) is 0 Å². The molecule has 1 fully saturated rings. The summed E-state index contributed by atoms with van der Waals surface area (Å²) >= 11 is 0. The minimum absolute atomic E-state index is 0.0679. The second-order valence-corrected chi connectivity index (χ2v) is 8.26. The number of nitrogens with zero attached hydrogens (tertiary/aromatic N) is 1. The fourth-order valence-corrected chi connectivity index (χ4v) is 4.13. The second kappa shape index (κ2) is 8.98. The predicted molar refractivity (Wildman–Crippen MR) is 102 cm³/mol. The Morgan fingerprint density at radius 3 is 2.56 bits per heavy atom. The first kappa shape index (κ1) is 19.3. The molecule has 2 aromatic rings. The first-order valence-electron chi connectivity index (χ1n) is 8.89. The van der Waals surface area contributed by atoms with Crippen LogP contribution < -0.4 is 10.2 Å². The number of benzene rings is 1. The van der Waals surface area contributed by atoms with Crippen LogP contribution in [-0.2, 0) is 21.4 Å². The van der Waals surface area contributed by atoms with E-state index in [-0.39, 0.29) is 5.91 Å². The molecule has 0 radical (unpaired) electrons. The molecule has 1 aliphatic rings. The lowest BCUT2D eigenvalue weighted by Gasteiger charge is -2.30. The van der Waals surface area contributed by atoms with Crippen molar-refractivity contribution in [3.05, 3.63) is 65.5 Å². The van der Waals surface area contributed by atoms with Crippen LogP contribution in [0.4, 0.5) is 0 Å². The third kappa shape index (κ3) is 5.78. The number of amides is 1. The highest BCUT2D eigenvalue weighted by atomic mass is 32.2. The molecule has 0 atom stereocenters. The zero-order chi connectivity index (χ0) is 19.1. The van der Waals surface area contributed by atoms with Gasteiger partial charge in [-0.25, -0.2) is 8.42 Å². The first-order chi connectivity index (χ1) is 13.0. The average Bonchev–Trinajstić information content (AvgIpc) is 3.20. The number of hydrogen-bond acceptors (Lipinski definition) is 4. The Morgan fingerprint density at radius 2 is 1.89 bits per heavy atom. The van der Waals surface area contributed by atoms with Crippen molar-refractivity contribution in [2.24, 2.45) is 0 Å². The van der Waals surface area contributed by atoms with Crippen molar-refractivity contribution in [3.8, 4) is 0 Å². The molecule has 7 nitrogen and oxygen atoms in total. The van der Waals surface area contributed by atoms with Gasteiger partial charge in [0.1, 0.15) is 5.76 Å². The van der Waals surface area contributed by atoms with Crippen LogP contribution in [0.2, 0.25) is 0 Å². The molecule has 144 valence electrons. The number of quaternary nitrogens is 1. The van der Waals surface area contributed by atoms with Gasteiger partial charge in [-0.05, 0) is 23.8 Å². The van der Waals surface area contributed by atoms with Crippen LogP contribution in [0.15, 0.2) is 58.6 Å². The summed E-state index contributed by atoms with van der Waals surface area (Å²) in [5.74, 6) is 0.640. The average molecular weight is 390 g/mol. The van der Waals surface area contributed by atoms with E-state index in [1.165, 1.54) is 9.71 Å². The van der Waals surface area contributed by atoms with Crippen molar-refractivity contribution in [1.29, 1.82) is 0 Å². The minimum Gasteiger partial charge on any atom is -0.467 e. The fourth-order valence-electron chi connectivity index (χ4n) is 2.94. The lowest BCUT2D eigenvalue weighted by molar-refractivity contribution is -0.895. The Hall–Kier alpha value is -2.42. The number of hydrogen-bond donors (Lipinski definition) is 2. The summed E-state index contributed by atoms with van der Waals surface area (Å²) in [6.45, 7) is 2.71. The number of carbonyl (C=O) groups is 1. The van der Waals surface area contributed by atoms with E-state index >= 15 is 0 Å². The number of furan rings is 1. The molecule has 1 aromatic heterocycles. The summed E-state index contributed by atoms with van der Waals surface area (Å²) in [6, 6.07) is 12.9. The molecule has 0 saturated carbocycles. The summed E-state index contributed by atoms with van der Waals surface area (Å²) in [5.41, 5.74) is 0.846. The second-order valence-electron chi connectivity index (χ2n) is 6.44. The van der Waals surface area contributed by atoms with E-state index < -0.39 is 10.0 Å². The Kier molecular flexibility index (Phi) is 6.44. The Labute approximate surface area is 159 Å². The van der Waals surface area contributed by atoms with Crippen molar-refractivity contribution in [2.45, 2.75) is 6.54 Å². The Morgan fingerprint density at radius 1 is 1.15 bits per heavy atom. The summed E-state index contributed by atoms with van der Waals surface area (Å²) < 4.78 is 31.6. The Balaban J connectivity index is 1.45. The molecule has 0 aliphatic carbocycles. The van der Waals surface area contributed by atoms with Gasteiger partial charge in [-0.15, -0.1) is 0 Å². The molecular weight excluding hydrogens is 366 g/mol. The molecule has 0 bridgehead atoms. The maximum atomic E-state index is 12.5. The molecule has 1 amide bonds. The van der Waals surface area contributed by atoms with Crippen molar-refractivity contribution in [3.63, 3.8) is 0 Å². The SMILES string of the molecule is O=C(C[NH+]1CCN(S(=O)(=O)/C=C/c2ccccc2)CC1)NCc1ccco1. The van der Waals surface area contributed by atoms with Gasteiger partial charge in [0.05, 0.1) is 39.0 Å². The molecule has 27 heavy (non-hydrogen) atoms. The van der Waals surface area contributed by atoms with Gasteiger partial charge in [0, 0.05) is 5.41 Å². The van der Waals surface area contributed by atoms with Crippen molar-refractivity contribution < 1.29 is 22.5 Å². The molecule has 3 rings (SSSR count). The van der Waals surface area contributed by atoms with Gasteiger partial charge in [0.25, 0.3) is 5.91 Å². The van der Waals surface area contributed by atoms with E-state index in [0.29, 0.717) is 45.0 Å². The van der Waals surface area contributed by atoms with Gasteiger partial charge in [0.2, 0.25) is 10.0 Å². The van der Waals surface area contributed by atoms with Crippen molar-refractivity contribution in [1.82, 2.24) is 9.62 Å². The van der Waals surface area contributed by atoms with Crippen LogP contribution in [0.5, 0.6) is 0 Å². The summed E-state index contributed by atoms with van der Waals surface area (Å²) in [7, 11) is -3.45. The quantitative estimate of drug-likeness (QED) is 0.702. The van der Waals surface area contributed by atoms with Gasteiger partial charge in [-0.2, -0.15) is 4.31 Å². The van der Waals surface area contributed by atoms with Crippen LogP contribution >= 0.6 is 0 Å². The van der Waals surface area contributed by atoms with Crippen LogP contribution in [0.25, 0.3) is 6.08 Å². The first-order valence-corrected chi connectivity index (χ1v) is 10.4. The molecule has 0 unspecified atom stereocenters. The summed E-state index contributed by atoms with van der Waals surface area (Å²) in [5, 5.41) is 4.07.